The number of halogens is 1. The molecule has 180 valence electrons. The van der Waals surface area contributed by atoms with Gasteiger partial charge in [-0.3, -0.25) is 14.5 Å². The molecule has 1 aliphatic heterocycles. The van der Waals surface area contributed by atoms with Crippen LogP contribution >= 0.6 is 11.6 Å². The first-order chi connectivity index (χ1) is 16.2. The lowest BCUT2D eigenvalue weighted by atomic mass is 9.97. The molecule has 2 aromatic carbocycles. The van der Waals surface area contributed by atoms with Crippen molar-refractivity contribution in [2.45, 2.75) is 25.8 Å². The van der Waals surface area contributed by atoms with E-state index < -0.39 is 42.3 Å². The second kappa shape index (κ2) is 11.0. The number of rotatable bonds is 7. The maximum atomic E-state index is 13.3. The van der Waals surface area contributed by atoms with Crippen molar-refractivity contribution in [1.82, 2.24) is 15.5 Å². The molecule has 1 fully saturated rings. The smallest absolute Gasteiger partial charge is 0.335 e. The van der Waals surface area contributed by atoms with E-state index >= 15 is 0 Å². The van der Waals surface area contributed by atoms with Crippen LogP contribution in [0.4, 0.5) is 4.79 Å². The molecule has 1 aliphatic rings. The zero-order chi connectivity index (χ0) is 24.8. The molecule has 1 saturated heterocycles. The van der Waals surface area contributed by atoms with Crippen molar-refractivity contribution < 1.29 is 29.0 Å². The van der Waals surface area contributed by atoms with E-state index in [4.69, 9.17) is 16.3 Å². The van der Waals surface area contributed by atoms with Crippen LogP contribution in [0.1, 0.15) is 40.9 Å². The molecular formula is C24H26ClN3O6. The summed E-state index contributed by atoms with van der Waals surface area (Å²) in [4.78, 5) is 50.9. The number of hydrogen-bond donors (Lipinski definition) is 3. The Hall–Kier alpha value is -3.59. The summed E-state index contributed by atoms with van der Waals surface area (Å²) in [5, 5.41) is 15.2. The van der Waals surface area contributed by atoms with E-state index in [1.165, 1.54) is 19.2 Å². The fraction of sp³-hybridized carbons (Fsp3) is 0.333. The van der Waals surface area contributed by atoms with Gasteiger partial charge in [0, 0.05) is 11.6 Å². The van der Waals surface area contributed by atoms with Crippen LogP contribution in [0.25, 0.3) is 0 Å². The number of benzene rings is 2. The predicted octanol–water partition coefficient (Wildman–Crippen LogP) is 3.02. The monoisotopic (exact) mass is 487 g/mol. The average molecular weight is 488 g/mol. The summed E-state index contributed by atoms with van der Waals surface area (Å²) in [6.07, 6.45) is 0.663. The topological polar surface area (TPSA) is 125 Å². The minimum atomic E-state index is -1.08. The number of carbonyl (C=O) groups excluding carboxylic acids is 3. The molecule has 0 spiro atoms. The average Bonchev–Trinajstić information content (AvgIpc) is 2.96. The highest BCUT2D eigenvalue weighted by atomic mass is 35.5. The van der Waals surface area contributed by atoms with Gasteiger partial charge >= 0.3 is 12.0 Å². The van der Waals surface area contributed by atoms with Crippen LogP contribution in [0.5, 0.6) is 5.75 Å². The third-order valence-corrected chi connectivity index (χ3v) is 5.89. The highest BCUT2D eigenvalue weighted by Crippen LogP contribution is 2.26. The maximum absolute atomic E-state index is 13.3. The van der Waals surface area contributed by atoms with Crippen LogP contribution in [0.15, 0.2) is 42.5 Å². The summed E-state index contributed by atoms with van der Waals surface area (Å²) >= 11 is 6.10. The lowest BCUT2D eigenvalue weighted by molar-refractivity contribution is -0.133. The first-order valence-electron chi connectivity index (χ1n) is 10.8. The molecule has 3 rings (SSSR count). The molecule has 0 radical (unpaired) electrons. The summed E-state index contributed by atoms with van der Waals surface area (Å²) in [5.41, 5.74) is 1.36. The van der Waals surface area contributed by atoms with Crippen molar-refractivity contribution in [2.24, 2.45) is 5.92 Å². The lowest BCUT2D eigenvalue weighted by Crippen LogP contribution is -2.48. The molecule has 0 unspecified atom stereocenters. The van der Waals surface area contributed by atoms with Gasteiger partial charge in [0.2, 0.25) is 11.8 Å². The molecule has 0 aliphatic carbocycles. The molecular weight excluding hydrogens is 462 g/mol. The van der Waals surface area contributed by atoms with Crippen molar-refractivity contribution in [3.63, 3.8) is 0 Å². The molecule has 2 atom stereocenters. The lowest BCUT2D eigenvalue weighted by Gasteiger charge is -2.25. The normalized spacial score (nSPS) is 16.9. The second-order valence-corrected chi connectivity index (χ2v) is 8.36. The first kappa shape index (κ1) is 25.0. The van der Waals surface area contributed by atoms with E-state index in [0.717, 1.165) is 4.90 Å². The van der Waals surface area contributed by atoms with E-state index in [1.54, 1.807) is 30.3 Å². The van der Waals surface area contributed by atoms with Gasteiger partial charge in [-0.05, 0) is 54.3 Å². The Morgan fingerprint density at radius 1 is 1.26 bits per heavy atom. The largest absolute Gasteiger partial charge is 0.496 e. The van der Waals surface area contributed by atoms with E-state index in [0.29, 0.717) is 28.3 Å². The minimum absolute atomic E-state index is 0.0645. The maximum Gasteiger partial charge on any atom is 0.335 e. The van der Waals surface area contributed by atoms with Crippen molar-refractivity contribution in [3.8, 4) is 5.75 Å². The molecule has 0 saturated carbocycles. The summed E-state index contributed by atoms with van der Waals surface area (Å²) in [7, 11) is 1.51. The number of carboxylic acid groups (broad SMARTS) is 1. The minimum Gasteiger partial charge on any atom is -0.496 e. The highest BCUT2D eigenvalue weighted by molar-refractivity contribution is 6.30. The predicted molar refractivity (Wildman–Crippen MR) is 125 cm³/mol. The number of carbonyl (C=O) groups is 4. The Morgan fingerprint density at radius 3 is 2.71 bits per heavy atom. The zero-order valence-corrected chi connectivity index (χ0v) is 19.6. The van der Waals surface area contributed by atoms with E-state index in [2.05, 4.69) is 10.6 Å². The molecule has 3 N–H and O–H groups in total. The molecule has 2 aromatic rings. The van der Waals surface area contributed by atoms with Crippen LogP contribution in [-0.2, 0) is 16.0 Å². The van der Waals surface area contributed by atoms with Crippen molar-refractivity contribution in [3.05, 3.63) is 64.2 Å². The number of urea groups is 1. The van der Waals surface area contributed by atoms with Gasteiger partial charge in [0.25, 0.3) is 0 Å². The molecule has 9 nitrogen and oxygen atoms in total. The zero-order valence-electron chi connectivity index (χ0n) is 18.8. The Kier molecular flexibility index (Phi) is 8.12. The Morgan fingerprint density at radius 2 is 2.03 bits per heavy atom. The van der Waals surface area contributed by atoms with Crippen LogP contribution in [0, 0.1) is 5.92 Å². The van der Waals surface area contributed by atoms with Crippen LogP contribution in [-0.4, -0.2) is 54.0 Å². The van der Waals surface area contributed by atoms with E-state index in [-0.39, 0.29) is 18.5 Å². The number of nitrogens with one attached hydrogen (secondary N) is 2. The third kappa shape index (κ3) is 5.85. The van der Waals surface area contributed by atoms with Crippen molar-refractivity contribution in [1.29, 1.82) is 0 Å². The van der Waals surface area contributed by atoms with E-state index in [9.17, 15) is 24.3 Å². The Balaban J connectivity index is 1.81. The van der Waals surface area contributed by atoms with E-state index in [1.807, 2.05) is 6.92 Å². The summed E-state index contributed by atoms with van der Waals surface area (Å²) in [6, 6.07) is 10.0. The standard InChI is InChI=1S/C24H26ClN3O6/c1-3-19(14-5-4-6-15(9-14)23(31)32)27-24(33)28-13-21(29)26-12-17(22(28)30)10-16-11-18(25)7-8-20(16)34-2/h4-9,11,17,19H,3,10,12-13H2,1-2H3,(H,26,29)(H,27,33)(H,31,32)/t17-,19-/m0/s1. The number of methoxy groups -OCH3 is 1. The molecule has 1 heterocycles. The number of ether oxygens (including phenoxy) is 1. The number of nitrogens with zero attached hydrogens (tertiary/aromatic N) is 1. The van der Waals surface area contributed by atoms with Crippen LogP contribution < -0.4 is 15.4 Å². The number of imide groups is 1. The summed E-state index contributed by atoms with van der Waals surface area (Å²) in [6.45, 7) is 1.47. The van der Waals surface area contributed by atoms with Crippen LogP contribution in [0.3, 0.4) is 0 Å². The van der Waals surface area contributed by atoms with Crippen molar-refractivity contribution in [2.75, 3.05) is 20.2 Å². The fourth-order valence-corrected chi connectivity index (χ4v) is 4.06. The van der Waals surface area contributed by atoms with Gasteiger partial charge < -0.3 is 20.5 Å². The third-order valence-electron chi connectivity index (χ3n) is 5.66. The molecule has 0 aromatic heterocycles. The molecule has 34 heavy (non-hydrogen) atoms. The summed E-state index contributed by atoms with van der Waals surface area (Å²) < 4.78 is 5.35. The second-order valence-electron chi connectivity index (χ2n) is 7.93. The first-order valence-corrected chi connectivity index (χ1v) is 11.2. The number of amides is 4. The number of hydrogen-bond acceptors (Lipinski definition) is 5. The number of carboxylic acids is 1. The highest BCUT2D eigenvalue weighted by Gasteiger charge is 2.35. The van der Waals surface area contributed by atoms with Crippen molar-refractivity contribution >= 4 is 35.4 Å². The van der Waals surface area contributed by atoms with Gasteiger partial charge in [-0.15, -0.1) is 0 Å². The molecule has 0 bridgehead atoms. The van der Waals surface area contributed by atoms with Gasteiger partial charge in [-0.1, -0.05) is 30.7 Å². The molecule has 10 heteroatoms. The van der Waals surface area contributed by atoms with Gasteiger partial charge in [-0.2, -0.15) is 0 Å². The SMILES string of the molecule is CC[C@H](NC(=O)N1CC(=O)NC[C@H](Cc2cc(Cl)ccc2OC)C1=O)c1cccc(C(=O)O)c1. The van der Waals surface area contributed by atoms with Gasteiger partial charge in [0.1, 0.15) is 12.3 Å². The fourth-order valence-electron chi connectivity index (χ4n) is 3.86. The van der Waals surface area contributed by atoms with Crippen LogP contribution in [0.2, 0.25) is 5.02 Å². The molecule has 4 amide bonds. The Bertz CT molecular complexity index is 1110. The van der Waals surface area contributed by atoms with Gasteiger partial charge in [0.15, 0.2) is 0 Å². The number of aromatic carboxylic acids is 1. The van der Waals surface area contributed by atoms with Gasteiger partial charge in [0.05, 0.1) is 24.6 Å². The Labute approximate surface area is 202 Å². The summed E-state index contributed by atoms with van der Waals surface area (Å²) in [5.74, 6) is -2.20. The van der Waals surface area contributed by atoms with Gasteiger partial charge in [-0.25, -0.2) is 9.59 Å². The quantitative estimate of drug-likeness (QED) is 0.551.